The monoisotopic (exact) mass is 454 g/mol. The second-order valence-electron chi connectivity index (χ2n) is 8.31. The molecule has 0 saturated carbocycles. The van der Waals surface area contributed by atoms with Crippen molar-refractivity contribution in [2.24, 2.45) is 0 Å². The first kappa shape index (κ1) is 21.2. The molecule has 5 rings (SSSR count). The zero-order valence-corrected chi connectivity index (χ0v) is 18.9. The summed E-state index contributed by atoms with van der Waals surface area (Å²) in [6.07, 6.45) is 5.02. The van der Waals surface area contributed by atoms with Gasteiger partial charge < -0.3 is 4.98 Å². The molecule has 168 valence electrons. The number of fused-ring (bicyclic) bond motifs is 2. The first-order valence-electron chi connectivity index (χ1n) is 11.0. The van der Waals surface area contributed by atoms with Crippen LogP contribution in [0.15, 0.2) is 54.7 Å². The molecule has 0 radical (unpaired) electrons. The molecule has 2 aromatic carbocycles. The average molecular weight is 455 g/mol. The predicted octanol–water partition coefficient (Wildman–Crippen LogP) is 3.98. The molecule has 2 aliphatic heterocycles. The molecule has 1 aromatic heterocycles. The maximum absolute atomic E-state index is 13.5. The van der Waals surface area contributed by atoms with Crippen LogP contribution in [0, 0.1) is 5.82 Å². The third-order valence-electron chi connectivity index (χ3n) is 6.47. The fraction of sp³-hybridized carbons (Fsp3) is 0.333. The van der Waals surface area contributed by atoms with E-state index in [1.807, 2.05) is 43.5 Å². The van der Waals surface area contributed by atoms with E-state index in [0.717, 1.165) is 47.2 Å². The SMILES string of the molecule is CCN1Cc2ccccc2N(CCN2CC=C(c3c[nH]c4cc(F)ccc34)CC2)S1(=O)=O. The van der Waals surface area contributed by atoms with Crippen LogP contribution in [0.2, 0.25) is 0 Å². The lowest BCUT2D eigenvalue weighted by Crippen LogP contribution is -2.50. The molecule has 0 bridgehead atoms. The first-order chi connectivity index (χ1) is 15.5. The van der Waals surface area contributed by atoms with E-state index in [0.29, 0.717) is 26.2 Å². The van der Waals surface area contributed by atoms with Gasteiger partial charge in [0.2, 0.25) is 0 Å². The number of anilines is 1. The van der Waals surface area contributed by atoms with Crippen LogP contribution in [0.3, 0.4) is 0 Å². The summed E-state index contributed by atoms with van der Waals surface area (Å²) in [5.74, 6) is -0.245. The smallest absolute Gasteiger partial charge is 0.304 e. The third-order valence-corrected chi connectivity index (χ3v) is 8.44. The van der Waals surface area contributed by atoms with Crippen molar-refractivity contribution < 1.29 is 12.8 Å². The van der Waals surface area contributed by atoms with Crippen LogP contribution < -0.4 is 4.31 Å². The molecule has 0 amide bonds. The van der Waals surface area contributed by atoms with Gasteiger partial charge in [-0.05, 0) is 41.8 Å². The number of nitrogens with one attached hydrogen (secondary N) is 1. The number of aromatic amines is 1. The fourth-order valence-electron chi connectivity index (χ4n) is 4.69. The molecule has 0 saturated heterocycles. The zero-order chi connectivity index (χ0) is 22.3. The van der Waals surface area contributed by atoms with Gasteiger partial charge in [-0.3, -0.25) is 9.21 Å². The Kier molecular flexibility index (Phi) is 5.53. The molecule has 1 N–H and O–H groups in total. The molecular formula is C24H27FN4O2S. The number of hydrogen-bond donors (Lipinski definition) is 1. The van der Waals surface area contributed by atoms with E-state index < -0.39 is 10.2 Å². The zero-order valence-electron chi connectivity index (χ0n) is 18.1. The van der Waals surface area contributed by atoms with Gasteiger partial charge in [-0.25, -0.2) is 4.39 Å². The van der Waals surface area contributed by atoms with Gasteiger partial charge in [0.05, 0.1) is 5.69 Å². The van der Waals surface area contributed by atoms with Crippen molar-refractivity contribution in [3.8, 4) is 0 Å². The molecular weight excluding hydrogens is 427 g/mol. The largest absolute Gasteiger partial charge is 0.360 e. The Morgan fingerprint density at radius 3 is 2.75 bits per heavy atom. The molecule has 6 nitrogen and oxygen atoms in total. The molecule has 0 aliphatic carbocycles. The van der Waals surface area contributed by atoms with Crippen molar-refractivity contribution in [3.63, 3.8) is 0 Å². The van der Waals surface area contributed by atoms with E-state index in [9.17, 15) is 12.8 Å². The highest BCUT2D eigenvalue weighted by molar-refractivity contribution is 7.90. The summed E-state index contributed by atoms with van der Waals surface area (Å²) in [5, 5.41) is 1.03. The van der Waals surface area contributed by atoms with Crippen LogP contribution in [0.1, 0.15) is 24.5 Å². The molecule has 32 heavy (non-hydrogen) atoms. The summed E-state index contributed by atoms with van der Waals surface area (Å²) in [6.45, 7) is 5.45. The molecule has 0 spiro atoms. The van der Waals surface area contributed by atoms with Crippen LogP contribution >= 0.6 is 0 Å². The Morgan fingerprint density at radius 2 is 1.97 bits per heavy atom. The van der Waals surface area contributed by atoms with Crippen molar-refractivity contribution in [2.75, 3.05) is 37.0 Å². The van der Waals surface area contributed by atoms with Gasteiger partial charge in [0.25, 0.3) is 0 Å². The maximum atomic E-state index is 13.5. The minimum atomic E-state index is -3.51. The minimum absolute atomic E-state index is 0.245. The highest BCUT2D eigenvalue weighted by atomic mass is 32.2. The summed E-state index contributed by atoms with van der Waals surface area (Å²) in [5.41, 5.74) is 4.99. The lowest BCUT2D eigenvalue weighted by atomic mass is 9.99. The Labute approximate surface area is 188 Å². The van der Waals surface area contributed by atoms with E-state index in [2.05, 4.69) is 16.0 Å². The van der Waals surface area contributed by atoms with Gasteiger partial charge in [0.1, 0.15) is 5.82 Å². The number of para-hydroxylation sites is 1. The number of benzene rings is 2. The second-order valence-corrected chi connectivity index (χ2v) is 10.2. The Balaban J connectivity index is 1.30. The number of hydrogen-bond acceptors (Lipinski definition) is 3. The maximum Gasteiger partial charge on any atom is 0.304 e. The van der Waals surface area contributed by atoms with Crippen LogP contribution in [0.5, 0.6) is 0 Å². The van der Waals surface area contributed by atoms with Crippen molar-refractivity contribution in [3.05, 3.63) is 71.7 Å². The van der Waals surface area contributed by atoms with Gasteiger partial charge in [0.15, 0.2) is 0 Å². The van der Waals surface area contributed by atoms with Gasteiger partial charge in [-0.2, -0.15) is 12.7 Å². The van der Waals surface area contributed by atoms with Crippen molar-refractivity contribution >= 4 is 32.4 Å². The fourth-order valence-corrected chi connectivity index (χ4v) is 6.34. The number of rotatable bonds is 5. The molecule has 0 fully saturated rings. The lowest BCUT2D eigenvalue weighted by Gasteiger charge is -2.38. The van der Waals surface area contributed by atoms with Gasteiger partial charge in [0, 0.05) is 61.9 Å². The van der Waals surface area contributed by atoms with Crippen LogP contribution in [-0.2, 0) is 16.8 Å². The average Bonchev–Trinajstić information content (AvgIpc) is 3.21. The summed E-state index contributed by atoms with van der Waals surface area (Å²) in [4.78, 5) is 5.44. The van der Waals surface area contributed by atoms with E-state index in [1.165, 1.54) is 22.0 Å². The number of aromatic nitrogens is 1. The summed E-state index contributed by atoms with van der Waals surface area (Å²) in [7, 11) is -3.51. The summed E-state index contributed by atoms with van der Waals surface area (Å²) >= 11 is 0. The summed E-state index contributed by atoms with van der Waals surface area (Å²) < 4.78 is 42.8. The predicted molar refractivity (Wildman–Crippen MR) is 126 cm³/mol. The van der Waals surface area contributed by atoms with E-state index >= 15 is 0 Å². The number of H-pyrrole nitrogens is 1. The Morgan fingerprint density at radius 1 is 1.12 bits per heavy atom. The molecule has 2 aliphatic rings. The highest BCUT2D eigenvalue weighted by Gasteiger charge is 2.35. The van der Waals surface area contributed by atoms with E-state index in [4.69, 9.17) is 0 Å². The van der Waals surface area contributed by atoms with Crippen molar-refractivity contribution in [1.82, 2.24) is 14.2 Å². The number of nitrogens with zero attached hydrogens (tertiary/aromatic N) is 3. The quantitative estimate of drug-likeness (QED) is 0.634. The van der Waals surface area contributed by atoms with Crippen molar-refractivity contribution in [1.29, 1.82) is 0 Å². The van der Waals surface area contributed by atoms with Crippen molar-refractivity contribution in [2.45, 2.75) is 19.9 Å². The first-order valence-corrected chi connectivity index (χ1v) is 12.4. The molecule has 3 aromatic rings. The van der Waals surface area contributed by atoms with Crippen LogP contribution in [-0.4, -0.2) is 55.3 Å². The highest BCUT2D eigenvalue weighted by Crippen LogP contribution is 2.33. The van der Waals surface area contributed by atoms with Crippen LogP contribution in [0.25, 0.3) is 16.5 Å². The molecule has 8 heteroatoms. The molecule has 0 unspecified atom stereocenters. The minimum Gasteiger partial charge on any atom is -0.360 e. The Hall–Kier alpha value is -2.68. The molecule has 3 heterocycles. The molecule has 0 atom stereocenters. The topological polar surface area (TPSA) is 59.6 Å². The third kappa shape index (κ3) is 3.72. The van der Waals surface area contributed by atoms with Gasteiger partial charge >= 0.3 is 10.2 Å². The van der Waals surface area contributed by atoms with Gasteiger partial charge in [-0.15, -0.1) is 0 Å². The van der Waals surface area contributed by atoms with E-state index in [1.54, 1.807) is 4.31 Å². The second kappa shape index (κ2) is 8.35. The van der Waals surface area contributed by atoms with E-state index in [-0.39, 0.29) is 5.82 Å². The summed E-state index contributed by atoms with van der Waals surface area (Å²) in [6, 6.07) is 12.6. The lowest BCUT2D eigenvalue weighted by molar-refractivity contribution is 0.308. The normalized spacial score (nSPS) is 19.2. The number of halogens is 1. The standard InChI is InChI=1S/C24H27FN4O2S/c1-2-28-17-19-5-3-4-6-24(19)29(32(28,30)31)14-13-27-11-9-18(10-12-27)22-16-26-23-15-20(25)7-8-21(22)23/h3-9,15-16,26H,2,10-14,17H2,1H3. The Bertz CT molecular complexity index is 1280. The van der Waals surface area contributed by atoms with Crippen LogP contribution in [0.4, 0.5) is 10.1 Å². The van der Waals surface area contributed by atoms with Gasteiger partial charge in [-0.1, -0.05) is 31.2 Å².